The maximum Gasteiger partial charge on any atom is 0.0715 e. The van der Waals surface area contributed by atoms with Gasteiger partial charge in [-0.3, -0.25) is 0 Å². The van der Waals surface area contributed by atoms with E-state index in [0.29, 0.717) is 0 Å². The number of aromatic nitrogens is 4. The van der Waals surface area contributed by atoms with Crippen LogP contribution in [0.5, 0.6) is 0 Å². The molecule has 0 radical (unpaired) electrons. The molecule has 0 spiro atoms. The molecule has 20 aromatic carbocycles. The molecule has 0 aliphatic carbocycles. The Morgan fingerprint density at radius 2 is 0.393 bits per heavy atom. The van der Waals surface area contributed by atoms with Crippen LogP contribution in [0.4, 0.5) is 0 Å². The molecular weight excluding hydrogens is 1470 g/mol. The Morgan fingerprint density at radius 1 is 0.131 bits per heavy atom. The molecule has 0 saturated carbocycles. The summed E-state index contributed by atoms with van der Waals surface area (Å²) < 4.78 is 4.83. The van der Waals surface area contributed by atoms with Crippen LogP contribution >= 0.6 is 0 Å². The first-order valence-corrected chi connectivity index (χ1v) is 41.9. The highest BCUT2D eigenvalue weighted by molar-refractivity contribution is 6.31. The van der Waals surface area contributed by atoms with Gasteiger partial charge in [-0.05, 0) is 222 Å². The summed E-state index contributed by atoms with van der Waals surface area (Å²) in [5, 5.41) is 19.9. The van der Waals surface area contributed by atoms with E-state index in [1.54, 1.807) is 0 Å². The van der Waals surface area contributed by atoms with E-state index in [-0.39, 0.29) is 0 Å². The molecule has 0 amide bonds. The topological polar surface area (TPSA) is 35.6 Å². The normalized spacial score (nSPS) is 11.6. The Balaban J connectivity index is 0.000000142. The van der Waals surface area contributed by atoms with Crippen LogP contribution in [0, 0.1) is 0 Å². The largest absolute Gasteiger partial charge is 0.309 e. The Kier molecular flexibility index (Phi) is 17.6. The van der Waals surface area contributed by atoms with Gasteiger partial charge in [0.2, 0.25) is 0 Å². The average Bonchev–Trinajstić information content (AvgIpc) is 1.10. The number of pyridine rings is 2. The molecule has 0 atom stereocenters. The number of fused-ring (bicyclic) bond motifs is 18. The summed E-state index contributed by atoms with van der Waals surface area (Å²) in [6.07, 6.45) is 0. The van der Waals surface area contributed by atoms with Crippen LogP contribution < -0.4 is 0 Å². The van der Waals surface area contributed by atoms with Crippen LogP contribution in [-0.4, -0.2) is 19.1 Å². The van der Waals surface area contributed by atoms with Crippen molar-refractivity contribution in [2.75, 3.05) is 0 Å². The summed E-state index contributed by atoms with van der Waals surface area (Å²) >= 11 is 0. The first-order valence-electron chi connectivity index (χ1n) is 41.9. The Hall–Kier alpha value is -16.1. The summed E-state index contributed by atoms with van der Waals surface area (Å²) in [7, 11) is 0. The summed E-state index contributed by atoms with van der Waals surface area (Å²) in [6.45, 7) is 0. The monoisotopic (exact) mass is 1550 g/mol. The second kappa shape index (κ2) is 30.1. The molecule has 0 fully saturated rings. The van der Waals surface area contributed by atoms with E-state index in [1.807, 2.05) is 0 Å². The summed E-state index contributed by atoms with van der Waals surface area (Å²) in [6, 6.07) is 167. The zero-order valence-corrected chi connectivity index (χ0v) is 66.7. The molecule has 0 aliphatic rings. The third kappa shape index (κ3) is 12.6. The number of benzene rings is 20. The summed E-state index contributed by atoms with van der Waals surface area (Å²) in [5.41, 5.74) is 29.5. The molecule has 0 unspecified atom stereocenters. The molecule has 4 nitrogen and oxygen atoms in total. The predicted octanol–water partition coefficient (Wildman–Crippen LogP) is 31.9. The van der Waals surface area contributed by atoms with Gasteiger partial charge in [0.05, 0.1) is 44.8 Å². The molecular formula is C118H76N4. The highest BCUT2D eigenvalue weighted by Gasteiger charge is 2.23. The minimum atomic E-state index is 0.949. The van der Waals surface area contributed by atoms with Crippen molar-refractivity contribution < 1.29 is 0 Å². The van der Waals surface area contributed by atoms with E-state index in [4.69, 9.17) is 9.97 Å². The van der Waals surface area contributed by atoms with Gasteiger partial charge in [0, 0.05) is 55.2 Å². The van der Waals surface area contributed by atoms with E-state index in [1.165, 1.54) is 164 Å². The second-order valence-electron chi connectivity index (χ2n) is 31.8. The molecule has 4 heteroatoms. The Morgan fingerprint density at radius 3 is 0.820 bits per heavy atom. The Labute approximate surface area is 706 Å². The van der Waals surface area contributed by atoms with E-state index in [2.05, 4.69) is 470 Å². The number of para-hydroxylation sites is 2. The van der Waals surface area contributed by atoms with Crippen molar-refractivity contribution in [2.45, 2.75) is 0 Å². The molecule has 122 heavy (non-hydrogen) atoms. The maximum absolute atomic E-state index is 5.34. The predicted molar refractivity (Wildman–Crippen MR) is 517 cm³/mol. The average molecular weight is 1550 g/mol. The first kappa shape index (κ1) is 71.2. The van der Waals surface area contributed by atoms with Crippen molar-refractivity contribution in [1.29, 1.82) is 0 Å². The molecule has 0 N–H and O–H groups in total. The SMILES string of the molecule is c1ccc(-c2ccc(-n3c4ccccc4c4cc(-c5cccc6c7ccccc7c7ccc(-c8cc(-c9ccccc9)cc(-c9ccccc9)n8)cc7c56)ccc43)cc2)cc1.c1ccc(-c2ccc(-n3c4ccccc4c4ccc(-c5cccc6c7ccccc7c7ccc(-c8cc(-c9ccccc9)cc(-c9ccccc9)n8)cc7c56)cc43)cc2)cc1. The van der Waals surface area contributed by atoms with Crippen molar-refractivity contribution in [1.82, 2.24) is 19.1 Å². The van der Waals surface area contributed by atoms with Gasteiger partial charge in [0.1, 0.15) is 0 Å². The van der Waals surface area contributed by atoms with E-state index < -0.39 is 0 Å². The van der Waals surface area contributed by atoms with Crippen LogP contribution in [0.15, 0.2) is 461 Å². The van der Waals surface area contributed by atoms with Crippen LogP contribution in [-0.2, 0) is 0 Å². The summed E-state index contributed by atoms with van der Waals surface area (Å²) in [4.78, 5) is 10.7. The van der Waals surface area contributed by atoms with Crippen molar-refractivity contribution in [3.8, 4) is 123 Å². The summed E-state index contributed by atoms with van der Waals surface area (Å²) in [5.74, 6) is 0. The van der Waals surface area contributed by atoms with Gasteiger partial charge in [-0.2, -0.15) is 0 Å². The fraction of sp³-hybridized carbons (Fsp3) is 0. The fourth-order valence-electron chi connectivity index (χ4n) is 19.0. The molecule has 4 aromatic heterocycles. The van der Waals surface area contributed by atoms with Crippen molar-refractivity contribution in [2.24, 2.45) is 0 Å². The van der Waals surface area contributed by atoms with Crippen molar-refractivity contribution >= 4 is 108 Å². The fourth-order valence-corrected chi connectivity index (χ4v) is 19.0. The van der Waals surface area contributed by atoms with Crippen LogP contribution in [0.3, 0.4) is 0 Å². The lowest BCUT2D eigenvalue weighted by atomic mass is 9.88. The van der Waals surface area contributed by atoms with E-state index in [9.17, 15) is 0 Å². The number of hydrogen-bond donors (Lipinski definition) is 0. The van der Waals surface area contributed by atoms with Gasteiger partial charge in [-0.1, -0.05) is 370 Å². The van der Waals surface area contributed by atoms with Crippen LogP contribution in [0.25, 0.3) is 231 Å². The molecule has 24 aromatic rings. The van der Waals surface area contributed by atoms with Crippen LogP contribution in [0.1, 0.15) is 0 Å². The lowest BCUT2D eigenvalue weighted by Crippen LogP contribution is -1.94. The van der Waals surface area contributed by atoms with Gasteiger partial charge in [-0.15, -0.1) is 0 Å². The lowest BCUT2D eigenvalue weighted by Gasteiger charge is -2.16. The van der Waals surface area contributed by atoms with E-state index in [0.717, 1.165) is 67.5 Å². The molecule has 4 heterocycles. The molecule has 0 saturated heterocycles. The molecule has 0 bridgehead atoms. The maximum atomic E-state index is 5.34. The minimum absolute atomic E-state index is 0.949. The Bertz CT molecular complexity index is 8060. The standard InChI is InChI=1S/2C59H38N2/c1-4-15-39(16-5-1)41-27-31-46(32-28-41)61-57-26-13-12-23-51(57)52-34-29-43(38-58(52)61)47-24-14-25-53-49-22-11-10-21-48(49)50-33-30-44(35-54(50)59(47)53)56-37-45(40-17-6-2-7-18-40)36-55(60-56)42-19-8-3-9-20-42;1-4-15-39(16-5-1)41-27-31-46(32-28-41)61-57-26-13-12-23-51(57)53-35-43(30-34-58(53)61)47-24-14-25-52-49-22-11-10-21-48(49)50-33-29-44(36-54(50)59(47)52)56-38-45(40-17-6-2-7-18-40)37-55(60-56)42-19-8-3-9-20-42/h2*1-38H. The van der Waals surface area contributed by atoms with Gasteiger partial charge in [0.15, 0.2) is 0 Å². The number of hydrogen-bond acceptors (Lipinski definition) is 2. The number of rotatable bonds is 12. The second-order valence-corrected chi connectivity index (χ2v) is 31.8. The van der Waals surface area contributed by atoms with Gasteiger partial charge >= 0.3 is 0 Å². The third-order valence-corrected chi connectivity index (χ3v) is 24.8. The van der Waals surface area contributed by atoms with Gasteiger partial charge < -0.3 is 9.13 Å². The van der Waals surface area contributed by atoms with Crippen molar-refractivity contribution in [3.05, 3.63) is 461 Å². The highest BCUT2D eigenvalue weighted by Crippen LogP contribution is 2.48. The molecule has 24 rings (SSSR count). The van der Waals surface area contributed by atoms with E-state index >= 15 is 0 Å². The third-order valence-electron chi connectivity index (χ3n) is 24.8. The van der Waals surface area contributed by atoms with Gasteiger partial charge in [-0.25, -0.2) is 9.97 Å². The smallest absolute Gasteiger partial charge is 0.0715 e. The minimum Gasteiger partial charge on any atom is -0.309 e. The zero-order valence-electron chi connectivity index (χ0n) is 66.7. The lowest BCUT2D eigenvalue weighted by molar-refractivity contribution is 1.18. The highest BCUT2D eigenvalue weighted by atomic mass is 15.0. The van der Waals surface area contributed by atoms with Crippen molar-refractivity contribution in [3.63, 3.8) is 0 Å². The van der Waals surface area contributed by atoms with Gasteiger partial charge in [0.25, 0.3) is 0 Å². The zero-order chi connectivity index (χ0) is 80.6. The number of nitrogens with zero attached hydrogens (tertiary/aromatic N) is 4. The quantitative estimate of drug-likeness (QED) is 0.114. The van der Waals surface area contributed by atoms with Crippen LogP contribution in [0.2, 0.25) is 0 Å². The molecule has 0 aliphatic heterocycles. The first-order chi connectivity index (χ1) is 60.5. The molecule has 568 valence electrons.